The summed E-state index contributed by atoms with van der Waals surface area (Å²) in [5.41, 5.74) is 4.23. The normalized spacial score (nSPS) is 23.5. The summed E-state index contributed by atoms with van der Waals surface area (Å²) >= 11 is 0. The molecule has 2 nitrogen and oxygen atoms in total. The molecule has 1 aliphatic carbocycles. The van der Waals surface area contributed by atoms with E-state index in [4.69, 9.17) is 4.74 Å². The number of nitrogens with one attached hydrogen (secondary N) is 1. The predicted octanol–water partition coefficient (Wildman–Crippen LogP) is 2.96. The Balaban J connectivity index is 1.80. The van der Waals surface area contributed by atoms with Crippen molar-refractivity contribution in [2.24, 2.45) is 0 Å². The van der Waals surface area contributed by atoms with Crippen LogP contribution in [0, 0.1) is 13.8 Å². The minimum absolute atomic E-state index is 0.496. The Bertz CT molecular complexity index is 349. The van der Waals surface area contributed by atoms with Gasteiger partial charge in [0.1, 0.15) is 0 Å². The van der Waals surface area contributed by atoms with Crippen LogP contribution >= 0.6 is 0 Å². The van der Waals surface area contributed by atoms with Crippen molar-refractivity contribution in [3.8, 4) is 0 Å². The summed E-state index contributed by atoms with van der Waals surface area (Å²) in [6, 6.07) is 7.15. The van der Waals surface area contributed by atoms with E-state index in [-0.39, 0.29) is 0 Å². The van der Waals surface area contributed by atoms with Gasteiger partial charge in [0.2, 0.25) is 0 Å². The van der Waals surface area contributed by atoms with Crippen LogP contribution in [-0.2, 0) is 11.3 Å². The van der Waals surface area contributed by atoms with Crippen LogP contribution in [0.2, 0.25) is 0 Å². The number of rotatable bonds is 5. The van der Waals surface area contributed by atoms with E-state index in [2.05, 4.69) is 44.3 Å². The van der Waals surface area contributed by atoms with Crippen molar-refractivity contribution < 1.29 is 4.74 Å². The highest BCUT2D eigenvalue weighted by atomic mass is 16.5. The number of aryl methyl sites for hydroxylation is 2. The topological polar surface area (TPSA) is 21.3 Å². The molecule has 0 radical (unpaired) electrons. The van der Waals surface area contributed by atoms with E-state index in [9.17, 15) is 0 Å². The quantitative estimate of drug-likeness (QED) is 0.844. The second-order valence-corrected chi connectivity index (χ2v) is 5.00. The third kappa shape index (κ3) is 3.08. The van der Waals surface area contributed by atoms with Crippen molar-refractivity contribution in [2.75, 3.05) is 6.61 Å². The van der Waals surface area contributed by atoms with Crippen LogP contribution in [0.25, 0.3) is 0 Å². The van der Waals surface area contributed by atoms with Gasteiger partial charge in [-0.05, 0) is 50.3 Å². The summed E-state index contributed by atoms with van der Waals surface area (Å²) in [6.45, 7) is 8.27. The van der Waals surface area contributed by atoms with Crippen molar-refractivity contribution in [1.82, 2.24) is 5.32 Å². The standard InChI is InChI=1S/C15H23NO/c1-4-17-14-8-13(9-14)16-10-15-11(2)6-5-7-12(15)3/h5-7,13-14,16H,4,8-10H2,1-3H3. The van der Waals surface area contributed by atoms with E-state index in [1.165, 1.54) is 29.5 Å². The van der Waals surface area contributed by atoms with Crippen LogP contribution in [0.1, 0.15) is 36.5 Å². The van der Waals surface area contributed by atoms with E-state index in [1.54, 1.807) is 0 Å². The van der Waals surface area contributed by atoms with Crippen LogP contribution < -0.4 is 5.32 Å². The Morgan fingerprint density at radius 1 is 1.24 bits per heavy atom. The molecular weight excluding hydrogens is 210 g/mol. The van der Waals surface area contributed by atoms with Crippen molar-refractivity contribution in [2.45, 2.75) is 52.3 Å². The average molecular weight is 233 g/mol. The van der Waals surface area contributed by atoms with Gasteiger partial charge in [-0.3, -0.25) is 0 Å². The molecule has 1 aromatic carbocycles. The highest BCUT2D eigenvalue weighted by Gasteiger charge is 2.28. The first kappa shape index (κ1) is 12.6. The van der Waals surface area contributed by atoms with Crippen molar-refractivity contribution in [1.29, 1.82) is 0 Å². The van der Waals surface area contributed by atoms with Gasteiger partial charge in [0.15, 0.2) is 0 Å². The van der Waals surface area contributed by atoms with E-state index >= 15 is 0 Å². The molecular formula is C15H23NO. The lowest BCUT2D eigenvalue weighted by atomic mass is 9.89. The minimum Gasteiger partial charge on any atom is -0.378 e. The van der Waals surface area contributed by atoms with Gasteiger partial charge < -0.3 is 10.1 Å². The lowest BCUT2D eigenvalue weighted by Crippen LogP contribution is -2.45. The molecule has 0 atom stereocenters. The minimum atomic E-state index is 0.496. The summed E-state index contributed by atoms with van der Waals surface area (Å²) in [5.74, 6) is 0. The number of ether oxygens (including phenoxy) is 1. The molecule has 1 saturated carbocycles. The molecule has 2 rings (SSSR count). The molecule has 0 aliphatic heterocycles. The van der Waals surface area contributed by atoms with Gasteiger partial charge in [-0.2, -0.15) is 0 Å². The summed E-state index contributed by atoms with van der Waals surface area (Å²) in [5, 5.41) is 3.63. The molecule has 94 valence electrons. The third-order valence-electron chi connectivity index (χ3n) is 3.71. The maximum absolute atomic E-state index is 5.57. The van der Waals surface area contributed by atoms with Crippen LogP contribution in [0.4, 0.5) is 0 Å². The number of hydrogen-bond donors (Lipinski definition) is 1. The average Bonchev–Trinajstić information content (AvgIpc) is 2.24. The first-order valence-corrected chi connectivity index (χ1v) is 6.60. The van der Waals surface area contributed by atoms with Gasteiger partial charge in [-0.25, -0.2) is 0 Å². The van der Waals surface area contributed by atoms with Crippen molar-refractivity contribution >= 4 is 0 Å². The van der Waals surface area contributed by atoms with Gasteiger partial charge in [0.05, 0.1) is 6.10 Å². The van der Waals surface area contributed by atoms with E-state index in [1.807, 2.05) is 0 Å². The molecule has 0 saturated heterocycles. The fourth-order valence-corrected chi connectivity index (χ4v) is 2.48. The monoisotopic (exact) mass is 233 g/mol. The van der Waals surface area contributed by atoms with Crippen LogP contribution in [0.15, 0.2) is 18.2 Å². The first-order chi connectivity index (χ1) is 8.20. The predicted molar refractivity (Wildman–Crippen MR) is 71.2 cm³/mol. The first-order valence-electron chi connectivity index (χ1n) is 6.60. The Morgan fingerprint density at radius 3 is 2.47 bits per heavy atom. The van der Waals surface area contributed by atoms with E-state index in [0.717, 1.165) is 13.2 Å². The number of benzene rings is 1. The molecule has 1 N–H and O–H groups in total. The largest absolute Gasteiger partial charge is 0.378 e. The molecule has 0 heterocycles. The Hall–Kier alpha value is -0.860. The van der Waals surface area contributed by atoms with Crippen LogP contribution in [-0.4, -0.2) is 18.8 Å². The lowest BCUT2D eigenvalue weighted by molar-refractivity contribution is -0.0102. The van der Waals surface area contributed by atoms with E-state index in [0.29, 0.717) is 12.1 Å². The van der Waals surface area contributed by atoms with Crippen molar-refractivity contribution in [3.05, 3.63) is 34.9 Å². The molecule has 17 heavy (non-hydrogen) atoms. The second-order valence-electron chi connectivity index (χ2n) is 5.00. The third-order valence-corrected chi connectivity index (χ3v) is 3.71. The molecule has 0 aromatic heterocycles. The van der Waals surface area contributed by atoms with Gasteiger partial charge in [0, 0.05) is 19.2 Å². The van der Waals surface area contributed by atoms with Gasteiger partial charge >= 0.3 is 0 Å². The second kappa shape index (κ2) is 5.65. The smallest absolute Gasteiger partial charge is 0.0604 e. The maximum atomic E-state index is 5.57. The zero-order chi connectivity index (χ0) is 12.3. The molecule has 1 aromatic rings. The molecule has 1 aliphatic rings. The molecule has 0 spiro atoms. The fourth-order valence-electron chi connectivity index (χ4n) is 2.48. The Labute approximate surface area is 104 Å². The molecule has 2 heteroatoms. The van der Waals surface area contributed by atoms with Crippen molar-refractivity contribution in [3.63, 3.8) is 0 Å². The summed E-state index contributed by atoms with van der Waals surface area (Å²) in [7, 11) is 0. The molecule has 0 bridgehead atoms. The van der Waals surface area contributed by atoms with E-state index < -0.39 is 0 Å². The Morgan fingerprint density at radius 2 is 1.88 bits per heavy atom. The highest BCUT2D eigenvalue weighted by Crippen LogP contribution is 2.24. The SMILES string of the molecule is CCOC1CC(NCc2c(C)cccc2C)C1. The summed E-state index contributed by atoms with van der Waals surface area (Å²) in [6.07, 6.45) is 2.83. The molecule has 0 unspecified atom stereocenters. The van der Waals surface area contributed by atoms with Crippen LogP contribution in [0.3, 0.4) is 0 Å². The molecule has 0 amide bonds. The fraction of sp³-hybridized carbons (Fsp3) is 0.600. The van der Waals surface area contributed by atoms with Gasteiger partial charge in [-0.1, -0.05) is 18.2 Å². The summed E-state index contributed by atoms with van der Waals surface area (Å²) in [4.78, 5) is 0. The highest BCUT2D eigenvalue weighted by molar-refractivity contribution is 5.33. The zero-order valence-electron chi connectivity index (χ0n) is 11.1. The zero-order valence-corrected chi connectivity index (χ0v) is 11.1. The van der Waals surface area contributed by atoms with Crippen LogP contribution in [0.5, 0.6) is 0 Å². The lowest BCUT2D eigenvalue weighted by Gasteiger charge is -2.35. The maximum Gasteiger partial charge on any atom is 0.0604 e. The van der Waals surface area contributed by atoms with Gasteiger partial charge in [0.25, 0.3) is 0 Å². The number of hydrogen-bond acceptors (Lipinski definition) is 2. The van der Waals surface area contributed by atoms with Gasteiger partial charge in [-0.15, -0.1) is 0 Å². The Kier molecular flexibility index (Phi) is 4.19. The molecule has 1 fully saturated rings. The summed E-state index contributed by atoms with van der Waals surface area (Å²) < 4.78 is 5.57.